The molecule has 16 nitrogen and oxygen atoms in total. The lowest BCUT2D eigenvalue weighted by Crippen LogP contribution is -2.58. The number of halogens is 2. The molecule has 350 valence electrons. The number of alkyl carbamates (subject to hydrolysis) is 1. The van der Waals surface area contributed by atoms with E-state index in [1.807, 2.05) is 54.1 Å². The second-order valence-corrected chi connectivity index (χ2v) is 21.1. The molecule has 0 unspecified atom stereocenters. The fraction of sp³-hybridized carbons (Fsp3) is 0.511. The van der Waals surface area contributed by atoms with E-state index < -0.39 is 80.9 Å². The van der Waals surface area contributed by atoms with E-state index in [0.717, 1.165) is 34.8 Å². The van der Waals surface area contributed by atoms with Gasteiger partial charge in [-0.25, -0.2) is 23.3 Å². The van der Waals surface area contributed by atoms with E-state index in [9.17, 15) is 36.4 Å². The van der Waals surface area contributed by atoms with Crippen molar-refractivity contribution >= 4 is 56.4 Å². The summed E-state index contributed by atoms with van der Waals surface area (Å²) in [7, 11) is -1.66. The molecule has 20 heteroatoms. The molecule has 2 aromatic carbocycles. The molecule has 3 N–H and O–H groups in total. The predicted octanol–water partition coefficient (Wildman–Crippen LogP) is 6.17. The molecule has 2 fully saturated rings. The standard InChI is InChI=1S/C45H56F2N8O8S2/c1-26(2)55-35-17-13-15-31(39-48-29(25-64-39)20-27-18-19-32(46)33(47)21-27)37(35)50-42(55)62-30-22-36-38(56)51-45(41(58)52-65(60,61)53(6)7)23-28(45)14-11-9-8-10-12-16-34(40(57)54(36)24-30)49-43(59)63-44(3,4)5/h11,13-15,17-19,21,25-26,28,30,34,36H,8-10,12,16,20,22-24H2,1-7H3,(H,49,59)(H,51,56)(H,52,58)/b14-11-/t28-,30+,34-,36-,45+/m0/s1. The van der Waals surface area contributed by atoms with E-state index in [1.54, 1.807) is 20.8 Å². The van der Waals surface area contributed by atoms with Gasteiger partial charge in [-0.15, -0.1) is 11.3 Å². The maximum Gasteiger partial charge on any atom is 0.408 e. The minimum absolute atomic E-state index is 0.0289. The number of allylic oxidation sites excluding steroid dienone is 1. The number of carbonyl (C=O) groups is 4. The first-order valence-electron chi connectivity index (χ1n) is 21.8. The molecule has 2 aromatic heterocycles. The molecule has 65 heavy (non-hydrogen) atoms. The zero-order valence-corrected chi connectivity index (χ0v) is 39.2. The van der Waals surface area contributed by atoms with Crippen molar-refractivity contribution in [2.24, 2.45) is 5.92 Å². The van der Waals surface area contributed by atoms with Crippen molar-refractivity contribution < 1.29 is 45.9 Å². The number of aromatic nitrogens is 3. The summed E-state index contributed by atoms with van der Waals surface area (Å²) in [6.07, 6.45) is 5.50. The highest BCUT2D eigenvalue weighted by Crippen LogP contribution is 2.46. The van der Waals surface area contributed by atoms with Gasteiger partial charge in [-0.05, 0) is 90.1 Å². The summed E-state index contributed by atoms with van der Waals surface area (Å²) in [5.41, 5.74) is 0.815. The summed E-state index contributed by atoms with van der Waals surface area (Å²) in [5, 5.41) is 8.10. The normalized spacial score (nSPS) is 23.6. The second kappa shape index (κ2) is 18.8. The molecule has 3 aliphatic rings. The molecule has 0 bridgehead atoms. The van der Waals surface area contributed by atoms with E-state index in [-0.39, 0.29) is 44.3 Å². The Morgan fingerprint density at radius 2 is 1.85 bits per heavy atom. The molecular weight excluding hydrogens is 883 g/mol. The van der Waals surface area contributed by atoms with Crippen molar-refractivity contribution in [3.8, 4) is 16.6 Å². The molecule has 1 saturated heterocycles. The van der Waals surface area contributed by atoms with E-state index in [2.05, 4.69) is 15.4 Å². The Bertz CT molecular complexity index is 2610. The number of hydrogen-bond donors (Lipinski definition) is 3. The van der Waals surface area contributed by atoms with Crippen molar-refractivity contribution in [2.45, 2.75) is 121 Å². The van der Waals surface area contributed by atoms with Gasteiger partial charge in [0, 0.05) is 49.8 Å². The molecular formula is C45H56F2N8O8S2. The van der Waals surface area contributed by atoms with Crippen LogP contribution in [-0.2, 0) is 35.8 Å². The molecule has 5 atom stereocenters. The van der Waals surface area contributed by atoms with Gasteiger partial charge in [0.2, 0.25) is 11.8 Å². The van der Waals surface area contributed by atoms with Crippen LogP contribution in [0.2, 0.25) is 0 Å². The Labute approximate surface area is 381 Å². The maximum atomic E-state index is 14.7. The van der Waals surface area contributed by atoms with Crippen LogP contribution in [0.3, 0.4) is 0 Å². The van der Waals surface area contributed by atoms with Crippen LogP contribution in [0.15, 0.2) is 53.9 Å². The highest BCUT2D eigenvalue weighted by molar-refractivity contribution is 7.87. The average Bonchev–Trinajstić information content (AvgIpc) is 3.53. The number of amides is 4. The largest absolute Gasteiger partial charge is 0.459 e. The number of fused-ring (bicyclic) bond motifs is 3. The van der Waals surface area contributed by atoms with Gasteiger partial charge in [0.15, 0.2) is 11.6 Å². The van der Waals surface area contributed by atoms with Crippen LogP contribution in [0.25, 0.3) is 21.6 Å². The van der Waals surface area contributed by atoms with Gasteiger partial charge in [-0.3, -0.25) is 19.0 Å². The van der Waals surface area contributed by atoms with Gasteiger partial charge in [-0.2, -0.15) is 17.7 Å². The molecule has 2 aliphatic heterocycles. The van der Waals surface area contributed by atoms with Crippen molar-refractivity contribution in [3.05, 3.63) is 76.8 Å². The Balaban J connectivity index is 1.21. The first kappa shape index (κ1) is 47.5. The summed E-state index contributed by atoms with van der Waals surface area (Å²) in [4.78, 5) is 67.4. The van der Waals surface area contributed by atoms with Gasteiger partial charge in [0.1, 0.15) is 39.9 Å². The quantitative estimate of drug-likeness (QED) is 0.155. The van der Waals surface area contributed by atoms with Gasteiger partial charge in [-0.1, -0.05) is 37.1 Å². The molecule has 0 spiro atoms. The fourth-order valence-electron chi connectivity index (χ4n) is 8.28. The van der Waals surface area contributed by atoms with Crippen molar-refractivity contribution in [2.75, 3.05) is 20.6 Å². The third-order valence-corrected chi connectivity index (χ3v) is 14.0. The number of para-hydroxylation sites is 1. The summed E-state index contributed by atoms with van der Waals surface area (Å²) < 4.78 is 70.3. The molecule has 4 aromatic rings. The summed E-state index contributed by atoms with van der Waals surface area (Å²) in [6, 6.07) is 7.21. The fourth-order valence-corrected chi connectivity index (χ4v) is 9.73. The zero-order valence-electron chi connectivity index (χ0n) is 37.5. The summed E-state index contributed by atoms with van der Waals surface area (Å²) in [5.74, 6) is -4.49. The lowest BCUT2D eigenvalue weighted by atomic mass is 10.0. The lowest BCUT2D eigenvalue weighted by Gasteiger charge is -2.30. The third kappa shape index (κ3) is 10.6. The monoisotopic (exact) mass is 938 g/mol. The van der Waals surface area contributed by atoms with Gasteiger partial charge < -0.3 is 25.0 Å². The van der Waals surface area contributed by atoms with E-state index in [4.69, 9.17) is 19.4 Å². The number of carbonyl (C=O) groups excluding carboxylic acids is 4. The van der Waals surface area contributed by atoms with Crippen LogP contribution in [0.5, 0.6) is 6.01 Å². The number of nitrogens with one attached hydrogen (secondary N) is 3. The smallest absolute Gasteiger partial charge is 0.408 e. The van der Waals surface area contributed by atoms with Crippen LogP contribution < -0.4 is 20.1 Å². The second-order valence-electron chi connectivity index (χ2n) is 18.3. The van der Waals surface area contributed by atoms with Gasteiger partial charge >= 0.3 is 16.3 Å². The molecule has 7 rings (SSSR count). The number of rotatable bonds is 10. The lowest BCUT2D eigenvalue weighted by molar-refractivity contribution is -0.141. The number of thiazole rings is 1. The molecule has 1 aliphatic carbocycles. The maximum absolute atomic E-state index is 14.7. The molecule has 4 heterocycles. The number of imidazole rings is 1. The minimum Gasteiger partial charge on any atom is -0.459 e. The number of benzene rings is 2. The van der Waals surface area contributed by atoms with E-state index >= 15 is 0 Å². The Morgan fingerprint density at radius 1 is 1.08 bits per heavy atom. The number of ether oxygens (including phenoxy) is 2. The van der Waals surface area contributed by atoms with Crippen LogP contribution in [-0.4, -0.2) is 106 Å². The van der Waals surface area contributed by atoms with E-state index in [1.165, 1.54) is 36.4 Å². The van der Waals surface area contributed by atoms with Crippen molar-refractivity contribution in [3.63, 3.8) is 0 Å². The van der Waals surface area contributed by atoms with Crippen LogP contribution in [0, 0.1) is 17.6 Å². The van der Waals surface area contributed by atoms with Crippen LogP contribution in [0.1, 0.15) is 96.9 Å². The first-order valence-corrected chi connectivity index (χ1v) is 24.1. The zero-order chi connectivity index (χ0) is 47.0. The van der Waals surface area contributed by atoms with Crippen molar-refractivity contribution in [1.82, 2.24) is 39.1 Å². The average molecular weight is 939 g/mol. The van der Waals surface area contributed by atoms with E-state index in [0.29, 0.717) is 40.2 Å². The Kier molecular flexibility index (Phi) is 13.7. The Hall–Kier alpha value is -5.47. The molecule has 1 saturated carbocycles. The highest BCUT2D eigenvalue weighted by Gasteiger charge is 2.62. The van der Waals surface area contributed by atoms with Crippen LogP contribution >= 0.6 is 11.3 Å². The van der Waals surface area contributed by atoms with Crippen LogP contribution in [0.4, 0.5) is 13.6 Å². The minimum atomic E-state index is -4.22. The third-order valence-electron chi connectivity index (χ3n) is 11.7. The predicted molar refractivity (Wildman–Crippen MR) is 240 cm³/mol. The topological polar surface area (TPSA) is 194 Å². The molecule has 0 radical (unpaired) electrons. The van der Waals surface area contributed by atoms with Crippen molar-refractivity contribution in [1.29, 1.82) is 0 Å². The summed E-state index contributed by atoms with van der Waals surface area (Å²) >= 11 is 1.38. The Morgan fingerprint density at radius 3 is 2.55 bits per heavy atom. The number of hydrogen-bond acceptors (Lipinski definition) is 11. The molecule has 4 amide bonds. The highest BCUT2D eigenvalue weighted by atomic mass is 32.2. The summed E-state index contributed by atoms with van der Waals surface area (Å²) in [6.45, 7) is 8.98. The van der Waals surface area contributed by atoms with Gasteiger partial charge in [0.05, 0.1) is 17.8 Å². The van der Waals surface area contributed by atoms with Gasteiger partial charge in [0.25, 0.3) is 11.9 Å². The SMILES string of the molecule is CC(C)n1c(O[C@@H]2C[C@H]3C(=O)N[C@]4(C(=O)NS(=O)(=O)N(C)C)C[C@@H]4/C=C\CCCCC[C@H](NC(=O)OC(C)(C)C)C(=O)N3C2)nc2c(-c3nc(Cc4ccc(F)c(F)c4)cs3)cccc21. The first-order chi connectivity index (χ1) is 30.7. The number of nitrogens with zero attached hydrogens (tertiary/aromatic N) is 5.